The van der Waals surface area contributed by atoms with Crippen LogP contribution in [-0.2, 0) is 113 Å². The number of rotatable bonds is 54. The average Bonchev–Trinajstić information content (AvgIpc) is 0.848. The third-order valence-corrected chi connectivity index (χ3v) is 14.5. The lowest BCUT2D eigenvalue weighted by Gasteiger charge is -2.40. The molecule has 15 atom stereocenters. The smallest absolute Gasteiger partial charge is 0.387 e. The lowest BCUT2D eigenvalue weighted by atomic mass is 9.99. The molecule has 0 bridgehead atoms. The van der Waals surface area contributed by atoms with Crippen LogP contribution in [-0.4, -0.2) is 363 Å². The van der Waals surface area contributed by atoms with E-state index < -0.39 is 135 Å². The molecule has 0 saturated carbocycles. The minimum atomic E-state index is -4.91. The maximum atomic E-state index is 12.5. The lowest BCUT2D eigenvalue weighted by molar-refractivity contribution is -0.301. The molecule has 18 N–H and O–H groups in total. The topological polar surface area (TPSA) is 608 Å². The quantitative estimate of drug-likeness (QED) is 0.0199. The van der Waals surface area contributed by atoms with Crippen molar-refractivity contribution in [3.05, 3.63) is 0 Å². The van der Waals surface area contributed by atoms with Crippen molar-refractivity contribution >= 4 is 41.2 Å². The van der Waals surface area contributed by atoms with Crippen molar-refractivity contribution in [1.29, 1.82) is 0 Å². The average molecular weight is 1440 g/mol. The summed E-state index contributed by atoms with van der Waals surface area (Å²) in [6, 6.07) is 0. The molecule has 3 aliphatic heterocycles. The molecule has 3 amide bonds. The van der Waals surface area contributed by atoms with Gasteiger partial charge < -0.3 is 162 Å². The van der Waals surface area contributed by atoms with E-state index in [0.29, 0.717) is 0 Å². The minimum Gasteiger partial charge on any atom is -0.387 e. The molecule has 15 unspecified atom stereocenters. The number of nitrogens with one attached hydrogen (secondary N) is 3. The number of carbonyl (C=O) groups is 3. The monoisotopic (exact) mass is 1440 g/mol. The highest BCUT2D eigenvalue weighted by molar-refractivity contribution is 7.46. The summed E-state index contributed by atoms with van der Waals surface area (Å²) in [5, 5.41) is 98.8. The fourth-order valence-electron chi connectivity index (χ4n) is 8.16. The summed E-state index contributed by atoms with van der Waals surface area (Å²) in [7, 11) is -14.7. The Morgan fingerprint density at radius 2 is 0.553 bits per heavy atom. The van der Waals surface area contributed by atoms with Crippen LogP contribution in [0.5, 0.6) is 0 Å². The first kappa shape index (κ1) is 86.0. The van der Waals surface area contributed by atoms with Gasteiger partial charge in [0.05, 0.1) is 159 Å². The van der Waals surface area contributed by atoms with Crippen LogP contribution in [0.1, 0.15) is 19.3 Å². The second-order valence-electron chi connectivity index (χ2n) is 20.6. The summed E-state index contributed by atoms with van der Waals surface area (Å²) < 4.78 is 128. The Hall–Kier alpha value is -2.22. The number of phosphoric ester groups is 3. The number of aliphatic hydroxyl groups excluding tert-OH is 9. The summed E-state index contributed by atoms with van der Waals surface area (Å²) in [5.74, 6) is -1.39. The Balaban J connectivity index is 1.28. The number of aliphatic hydroxyl groups is 9. The van der Waals surface area contributed by atoms with Gasteiger partial charge in [-0.05, 0) is 0 Å². The van der Waals surface area contributed by atoms with Gasteiger partial charge in [0, 0.05) is 44.8 Å². The molecule has 0 aromatic rings. The molecule has 3 rings (SSSR count). The van der Waals surface area contributed by atoms with E-state index in [1.165, 1.54) is 0 Å². The Morgan fingerprint density at radius 3 is 0.798 bits per heavy atom. The number of hydrogen-bond donors (Lipinski definition) is 18. The van der Waals surface area contributed by atoms with Crippen molar-refractivity contribution in [3.63, 3.8) is 0 Å². The van der Waals surface area contributed by atoms with Gasteiger partial charge >= 0.3 is 23.5 Å². The zero-order valence-electron chi connectivity index (χ0n) is 51.3. The maximum Gasteiger partial charge on any atom is 0.469 e. The van der Waals surface area contributed by atoms with E-state index in [2.05, 4.69) is 29.5 Å². The van der Waals surface area contributed by atoms with Crippen LogP contribution in [0.15, 0.2) is 0 Å². The van der Waals surface area contributed by atoms with Crippen LogP contribution in [0.2, 0.25) is 0 Å². The van der Waals surface area contributed by atoms with Gasteiger partial charge in [0.25, 0.3) is 0 Å². The van der Waals surface area contributed by atoms with E-state index >= 15 is 0 Å². The predicted molar refractivity (Wildman–Crippen MR) is 306 cm³/mol. The second kappa shape index (κ2) is 47.8. The lowest BCUT2D eigenvalue weighted by Crippen LogP contribution is -2.59. The van der Waals surface area contributed by atoms with Crippen molar-refractivity contribution < 1.29 is 188 Å². The van der Waals surface area contributed by atoms with Crippen LogP contribution in [0.25, 0.3) is 0 Å². The van der Waals surface area contributed by atoms with Crippen LogP contribution in [0.4, 0.5) is 0 Å². The molecule has 554 valence electrons. The molecule has 3 heterocycles. The summed E-state index contributed by atoms with van der Waals surface area (Å²) in [6.07, 6.45) is -24.1. The normalized spacial score (nSPS) is 27.3. The number of ether oxygens (including phenoxy) is 15. The van der Waals surface area contributed by atoms with Crippen LogP contribution >= 0.6 is 23.5 Å². The first-order valence-electron chi connectivity index (χ1n) is 29.6. The molecule has 45 heteroatoms. The highest BCUT2D eigenvalue weighted by Crippen LogP contribution is 2.39. The van der Waals surface area contributed by atoms with Crippen LogP contribution in [0, 0.1) is 5.92 Å². The molecular formula is C49H94N3O39P3. The first-order valence-corrected chi connectivity index (χ1v) is 34.2. The molecule has 42 nitrogen and oxygen atoms in total. The Morgan fingerprint density at radius 1 is 0.319 bits per heavy atom. The van der Waals surface area contributed by atoms with Gasteiger partial charge in [-0.3, -0.25) is 28.0 Å². The number of hydrogen-bond acceptors (Lipinski definition) is 33. The number of phosphoric acid groups is 3. The van der Waals surface area contributed by atoms with Crippen molar-refractivity contribution in [1.82, 2.24) is 16.0 Å². The van der Waals surface area contributed by atoms with E-state index in [9.17, 15) is 74.0 Å². The summed E-state index contributed by atoms with van der Waals surface area (Å²) in [6.45, 7) is -0.917. The van der Waals surface area contributed by atoms with Gasteiger partial charge in [-0.15, -0.1) is 0 Å². The molecule has 0 spiro atoms. The zero-order valence-corrected chi connectivity index (χ0v) is 54.0. The molecule has 0 aromatic carbocycles. The number of carbonyl (C=O) groups excluding carboxylic acids is 3. The highest BCUT2D eigenvalue weighted by atomic mass is 31.2. The zero-order chi connectivity index (χ0) is 69.5. The first-order chi connectivity index (χ1) is 44.6. The SMILES string of the molecule is O=C(CCOCC(COCCC(=O)NCCOCCOCCOC1OC(COP(=O)(O)O)C(O)C(O)C1O)COCCC(=O)NCCOCCOCCOC1OC(COP(=O)(O)O)C(O)C(O)C1O)NCCOCCOCCOC1OC(COP(=O)(O)O)C(O)C(O)C1O. The fourth-order valence-corrected chi connectivity index (χ4v) is 9.19. The fraction of sp³-hybridized carbons (Fsp3) is 0.939. The molecule has 3 aliphatic rings. The van der Waals surface area contributed by atoms with Crippen molar-refractivity contribution in [2.24, 2.45) is 5.92 Å². The summed E-state index contributed by atoms with van der Waals surface area (Å²) >= 11 is 0. The molecule has 94 heavy (non-hydrogen) atoms. The van der Waals surface area contributed by atoms with Gasteiger partial charge in [0.2, 0.25) is 17.7 Å². The third kappa shape index (κ3) is 38.4. The minimum absolute atomic E-state index is 0.0107. The van der Waals surface area contributed by atoms with Gasteiger partial charge in [-0.2, -0.15) is 0 Å². The van der Waals surface area contributed by atoms with E-state index in [1.807, 2.05) is 0 Å². The van der Waals surface area contributed by atoms with Crippen LogP contribution < -0.4 is 16.0 Å². The molecule has 3 fully saturated rings. The summed E-state index contributed by atoms with van der Waals surface area (Å²) in [5.41, 5.74) is 0. The van der Waals surface area contributed by atoms with E-state index in [4.69, 9.17) is 100 Å². The molecule has 0 aromatic heterocycles. The third-order valence-electron chi connectivity index (χ3n) is 13.1. The van der Waals surface area contributed by atoms with Crippen LogP contribution in [0.3, 0.4) is 0 Å². The Kier molecular flexibility index (Phi) is 43.7. The molecule has 3 saturated heterocycles. The molecule has 0 aliphatic carbocycles. The van der Waals surface area contributed by atoms with E-state index in [0.717, 1.165) is 0 Å². The van der Waals surface area contributed by atoms with Gasteiger partial charge in [-0.25, -0.2) is 13.7 Å². The van der Waals surface area contributed by atoms with Crippen molar-refractivity contribution in [3.8, 4) is 0 Å². The maximum absolute atomic E-state index is 12.5. The second-order valence-corrected chi connectivity index (χ2v) is 24.3. The molecular weight excluding hydrogens is 1350 g/mol. The Labute approximate surface area is 539 Å². The van der Waals surface area contributed by atoms with Crippen molar-refractivity contribution in [2.45, 2.75) is 111 Å². The standard InChI is InChI=1S/C49H94N3O39P3/c53-35(50-4-10-74-13-16-77-19-22-83-47-44(62)41(59)38(56)32(89-47)28-86-92(65,66)67)1-7-80-25-31(26-81-8-2-36(54)51-5-11-75-14-17-78-20-23-84-48-45(63)42(60)39(57)33(90-48)29-87-93(68,69)70)27-82-9-3-37(55)52-6-12-76-15-18-79-21-24-85-49-46(64)43(61)40(58)34(91-49)30-88-94(71,72)73/h31-34,38-49,56-64H,1-30H2,(H,50,53)(H,51,54)(H,52,55)(H2,65,66,67)(H2,68,69,70)(H2,71,72,73). The molecule has 0 radical (unpaired) electrons. The highest BCUT2D eigenvalue weighted by Gasteiger charge is 2.47. The van der Waals surface area contributed by atoms with E-state index in [1.54, 1.807) is 0 Å². The summed E-state index contributed by atoms with van der Waals surface area (Å²) in [4.78, 5) is 90.9. The Bertz CT molecular complexity index is 1960. The van der Waals surface area contributed by atoms with Gasteiger partial charge in [0.1, 0.15) is 73.2 Å². The van der Waals surface area contributed by atoms with E-state index in [-0.39, 0.29) is 201 Å². The van der Waals surface area contributed by atoms with Crippen molar-refractivity contribution in [2.75, 3.05) is 178 Å². The number of amides is 3. The predicted octanol–water partition coefficient (Wildman–Crippen LogP) is -8.93. The van der Waals surface area contributed by atoms with Gasteiger partial charge in [-0.1, -0.05) is 0 Å². The largest absolute Gasteiger partial charge is 0.469 e. The van der Waals surface area contributed by atoms with Gasteiger partial charge in [0.15, 0.2) is 18.9 Å².